The molecule has 6 nitrogen and oxygen atoms in total. The zero-order chi connectivity index (χ0) is 23.3. The third-order valence-electron chi connectivity index (χ3n) is 5.85. The molecule has 1 aromatic heterocycles. The molecule has 7 heteroatoms. The fourth-order valence-corrected chi connectivity index (χ4v) is 4.28. The summed E-state index contributed by atoms with van der Waals surface area (Å²) < 4.78 is 7.59. The number of hydrogen-bond donors (Lipinski definition) is 0. The van der Waals surface area contributed by atoms with Gasteiger partial charge in [-0.05, 0) is 48.5 Å². The van der Waals surface area contributed by atoms with Gasteiger partial charge in [-0.1, -0.05) is 54.1 Å². The first-order valence-corrected chi connectivity index (χ1v) is 11.7. The van der Waals surface area contributed by atoms with E-state index in [1.54, 1.807) is 4.68 Å². The van der Waals surface area contributed by atoms with Crippen molar-refractivity contribution < 1.29 is 9.53 Å². The maximum Gasteiger partial charge on any atom is 0.272 e. The summed E-state index contributed by atoms with van der Waals surface area (Å²) in [5.41, 5.74) is 3.16. The highest BCUT2D eigenvalue weighted by Crippen LogP contribution is 2.22. The lowest BCUT2D eigenvalue weighted by Crippen LogP contribution is -2.49. The Morgan fingerprint density at radius 2 is 1.50 bits per heavy atom. The van der Waals surface area contributed by atoms with Crippen molar-refractivity contribution in [3.63, 3.8) is 0 Å². The Morgan fingerprint density at radius 1 is 0.824 bits per heavy atom. The van der Waals surface area contributed by atoms with Gasteiger partial charge in [0.05, 0.1) is 5.69 Å². The van der Waals surface area contributed by atoms with Crippen molar-refractivity contribution >= 4 is 23.2 Å². The van der Waals surface area contributed by atoms with Gasteiger partial charge in [0, 0.05) is 36.9 Å². The largest absolute Gasteiger partial charge is 0.487 e. The van der Waals surface area contributed by atoms with E-state index in [9.17, 15) is 4.79 Å². The molecule has 0 N–H and O–H groups in total. The predicted octanol–water partition coefficient (Wildman–Crippen LogP) is 5.07. The molecule has 3 aromatic carbocycles. The van der Waals surface area contributed by atoms with Crippen LogP contribution in [0, 0.1) is 0 Å². The molecular weight excluding hydrogens is 448 g/mol. The molecule has 0 atom stereocenters. The van der Waals surface area contributed by atoms with Crippen LogP contribution in [0.25, 0.3) is 5.69 Å². The minimum atomic E-state index is -0.0342. The Bertz CT molecular complexity index is 1250. The zero-order valence-electron chi connectivity index (χ0n) is 18.7. The van der Waals surface area contributed by atoms with Crippen LogP contribution in [-0.4, -0.2) is 46.8 Å². The molecule has 1 fully saturated rings. The van der Waals surface area contributed by atoms with E-state index in [-0.39, 0.29) is 12.5 Å². The van der Waals surface area contributed by atoms with E-state index < -0.39 is 0 Å². The average molecular weight is 473 g/mol. The summed E-state index contributed by atoms with van der Waals surface area (Å²) in [6.07, 6.45) is 0. The minimum Gasteiger partial charge on any atom is -0.487 e. The van der Waals surface area contributed by atoms with Crippen molar-refractivity contribution in [1.29, 1.82) is 0 Å². The van der Waals surface area contributed by atoms with E-state index >= 15 is 0 Å². The second kappa shape index (κ2) is 10.0. The van der Waals surface area contributed by atoms with Crippen LogP contribution in [0.4, 0.5) is 5.69 Å². The molecule has 5 rings (SSSR count). The van der Waals surface area contributed by atoms with E-state index in [0.717, 1.165) is 30.2 Å². The van der Waals surface area contributed by atoms with Gasteiger partial charge in [0.25, 0.3) is 5.91 Å². The number of nitrogens with zero attached hydrogens (tertiary/aromatic N) is 4. The summed E-state index contributed by atoms with van der Waals surface area (Å²) in [5, 5.41) is 5.42. The number of amides is 1. The van der Waals surface area contributed by atoms with Crippen molar-refractivity contribution in [1.82, 2.24) is 14.7 Å². The molecule has 1 aliphatic rings. The quantitative estimate of drug-likeness (QED) is 0.393. The Hall–Kier alpha value is -3.77. The number of aromatic nitrogens is 2. The SMILES string of the molecule is O=C(c1cc(COc2ccccc2)nn1-c1ccccc1)N1CCN(c2cccc(Cl)c2)CC1. The van der Waals surface area contributed by atoms with Crippen molar-refractivity contribution in [2.24, 2.45) is 0 Å². The summed E-state index contributed by atoms with van der Waals surface area (Å²) in [6.45, 7) is 3.03. The zero-order valence-corrected chi connectivity index (χ0v) is 19.4. The molecule has 1 aliphatic heterocycles. The van der Waals surface area contributed by atoms with E-state index in [2.05, 4.69) is 4.90 Å². The molecule has 0 spiro atoms. The number of rotatable bonds is 6. The number of ether oxygens (including phenoxy) is 1. The number of piperazine rings is 1. The normalized spacial score (nSPS) is 13.7. The minimum absolute atomic E-state index is 0.0342. The van der Waals surface area contributed by atoms with Gasteiger partial charge in [0.2, 0.25) is 0 Å². The summed E-state index contributed by atoms with van der Waals surface area (Å²) in [4.78, 5) is 17.7. The Labute approximate surface area is 203 Å². The highest BCUT2D eigenvalue weighted by atomic mass is 35.5. The van der Waals surface area contributed by atoms with Crippen LogP contribution in [-0.2, 0) is 6.61 Å². The number of carbonyl (C=O) groups is 1. The number of anilines is 1. The van der Waals surface area contributed by atoms with Gasteiger partial charge in [0.15, 0.2) is 0 Å². The maximum atomic E-state index is 13.6. The first-order valence-electron chi connectivity index (χ1n) is 11.3. The fraction of sp³-hybridized carbons (Fsp3) is 0.185. The van der Waals surface area contributed by atoms with Crippen molar-refractivity contribution in [3.8, 4) is 11.4 Å². The Kier molecular flexibility index (Phi) is 6.49. The van der Waals surface area contributed by atoms with Gasteiger partial charge in [0.1, 0.15) is 23.7 Å². The molecule has 0 saturated carbocycles. The predicted molar refractivity (Wildman–Crippen MR) is 134 cm³/mol. The number of hydrogen-bond acceptors (Lipinski definition) is 4. The number of benzene rings is 3. The fourth-order valence-electron chi connectivity index (χ4n) is 4.10. The van der Waals surface area contributed by atoms with Gasteiger partial charge in [-0.25, -0.2) is 4.68 Å². The second-order valence-corrected chi connectivity index (χ2v) is 8.57. The molecule has 172 valence electrons. The van der Waals surface area contributed by atoms with Gasteiger partial charge < -0.3 is 14.5 Å². The molecule has 0 aliphatic carbocycles. The lowest BCUT2D eigenvalue weighted by molar-refractivity contribution is 0.0737. The molecule has 2 heterocycles. The van der Waals surface area contributed by atoms with Crippen LogP contribution < -0.4 is 9.64 Å². The van der Waals surface area contributed by atoms with E-state index in [0.29, 0.717) is 29.5 Å². The van der Waals surface area contributed by atoms with Gasteiger partial charge in [-0.15, -0.1) is 0 Å². The van der Waals surface area contributed by atoms with Crippen molar-refractivity contribution in [3.05, 3.63) is 107 Å². The Morgan fingerprint density at radius 3 is 2.21 bits per heavy atom. The molecule has 0 bridgehead atoms. The lowest BCUT2D eigenvalue weighted by Gasteiger charge is -2.36. The summed E-state index contributed by atoms with van der Waals surface area (Å²) in [5.74, 6) is 0.731. The molecule has 0 radical (unpaired) electrons. The molecular formula is C27H25ClN4O2. The van der Waals surface area contributed by atoms with E-state index in [1.165, 1.54) is 0 Å². The third kappa shape index (κ3) is 4.92. The topological polar surface area (TPSA) is 50.6 Å². The van der Waals surface area contributed by atoms with Crippen molar-refractivity contribution in [2.45, 2.75) is 6.61 Å². The van der Waals surface area contributed by atoms with Crippen molar-refractivity contribution in [2.75, 3.05) is 31.1 Å². The first kappa shape index (κ1) is 22.0. The maximum absolute atomic E-state index is 13.6. The molecule has 0 unspecified atom stereocenters. The Balaban J connectivity index is 1.34. The molecule has 4 aromatic rings. The summed E-state index contributed by atoms with van der Waals surface area (Å²) in [6, 6.07) is 29.0. The third-order valence-corrected chi connectivity index (χ3v) is 6.09. The number of halogens is 1. The lowest BCUT2D eigenvalue weighted by atomic mass is 10.2. The molecule has 1 saturated heterocycles. The number of carbonyl (C=O) groups excluding carboxylic acids is 1. The highest BCUT2D eigenvalue weighted by Gasteiger charge is 2.26. The average Bonchev–Trinajstić information content (AvgIpc) is 3.33. The second-order valence-electron chi connectivity index (χ2n) is 8.13. The molecule has 34 heavy (non-hydrogen) atoms. The van der Waals surface area contributed by atoms with Gasteiger partial charge >= 0.3 is 0 Å². The van der Waals surface area contributed by atoms with Gasteiger partial charge in [-0.3, -0.25) is 4.79 Å². The van der Waals surface area contributed by atoms with Gasteiger partial charge in [-0.2, -0.15) is 5.10 Å². The van der Waals surface area contributed by atoms with Crippen LogP contribution >= 0.6 is 11.6 Å². The van der Waals surface area contributed by atoms with Crippen LogP contribution in [0.1, 0.15) is 16.2 Å². The molecule has 1 amide bonds. The van der Waals surface area contributed by atoms with Crippen LogP contribution in [0.15, 0.2) is 91.0 Å². The van der Waals surface area contributed by atoms with Crippen LogP contribution in [0.2, 0.25) is 5.02 Å². The summed E-state index contributed by atoms with van der Waals surface area (Å²) in [7, 11) is 0. The van der Waals surface area contributed by atoms with Crippen LogP contribution in [0.5, 0.6) is 5.75 Å². The first-order chi connectivity index (χ1) is 16.7. The van der Waals surface area contributed by atoms with E-state index in [4.69, 9.17) is 21.4 Å². The smallest absolute Gasteiger partial charge is 0.272 e. The highest BCUT2D eigenvalue weighted by molar-refractivity contribution is 6.30. The standard InChI is InChI=1S/C27H25ClN4O2/c28-21-8-7-11-24(18-21)30-14-16-31(17-15-30)27(33)26-19-22(20-34-25-12-5-2-6-13-25)29-32(26)23-9-3-1-4-10-23/h1-13,18-19H,14-17,20H2. The number of para-hydroxylation sites is 2. The monoisotopic (exact) mass is 472 g/mol. The van der Waals surface area contributed by atoms with E-state index in [1.807, 2.05) is 95.9 Å². The summed E-state index contributed by atoms with van der Waals surface area (Å²) >= 11 is 6.15. The van der Waals surface area contributed by atoms with Crippen LogP contribution in [0.3, 0.4) is 0 Å².